The van der Waals surface area contributed by atoms with Crippen LogP contribution in [0.4, 0.5) is 4.39 Å². The summed E-state index contributed by atoms with van der Waals surface area (Å²) < 4.78 is 19.1. The number of ether oxygens (including phenoxy) is 1. The van der Waals surface area contributed by atoms with Crippen LogP contribution in [0, 0.1) is 18.7 Å². The third-order valence-corrected chi connectivity index (χ3v) is 7.31. The number of carbonyl (C=O) groups excluding carboxylic acids is 2. The first-order valence-electron chi connectivity index (χ1n) is 11.5. The van der Waals surface area contributed by atoms with E-state index in [9.17, 15) is 14.0 Å². The van der Waals surface area contributed by atoms with Gasteiger partial charge in [-0.2, -0.15) is 0 Å². The number of nitrogens with zero attached hydrogens (tertiary/aromatic N) is 2. The molecular weight excluding hydrogens is 427 g/mol. The highest BCUT2D eigenvalue weighted by Crippen LogP contribution is 2.29. The standard InChI is InChI=1S/C25H31FN2O3S/c1-18-7-12-23(32-18)16-27(14-19-8-10-21(26)11-9-19)24(29)17-28(15-22-6-3-13-31-22)25(30)20-4-2-5-20/h7-12,20,22H,2-6,13-17H2,1H3. The zero-order chi connectivity index (χ0) is 22.5. The number of halogens is 1. The van der Waals surface area contributed by atoms with Gasteiger partial charge in [-0.25, -0.2) is 4.39 Å². The van der Waals surface area contributed by atoms with Crippen molar-refractivity contribution in [3.63, 3.8) is 0 Å². The van der Waals surface area contributed by atoms with Crippen LogP contribution in [0.25, 0.3) is 0 Å². The molecule has 5 nitrogen and oxygen atoms in total. The van der Waals surface area contributed by atoms with E-state index in [-0.39, 0.29) is 36.2 Å². The number of hydrogen-bond donors (Lipinski definition) is 0. The van der Waals surface area contributed by atoms with Gasteiger partial charge in [0.2, 0.25) is 11.8 Å². The molecule has 1 aromatic carbocycles. The lowest BCUT2D eigenvalue weighted by Gasteiger charge is -2.34. The average Bonchev–Trinajstić information content (AvgIpc) is 3.39. The van der Waals surface area contributed by atoms with Crippen molar-refractivity contribution in [1.82, 2.24) is 9.80 Å². The molecule has 2 aliphatic rings. The molecule has 0 radical (unpaired) electrons. The maximum absolute atomic E-state index is 13.5. The van der Waals surface area contributed by atoms with Crippen molar-refractivity contribution in [2.75, 3.05) is 19.7 Å². The first kappa shape index (κ1) is 22.9. The number of aryl methyl sites for hydroxylation is 1. The van der Waals surface area contributed by atoms with Crippen LogP contribution in [0.3, 0.4) is 0 Å². The molecule has 2 fully saturated rings. The Kier molecular flexibility index (Phi) is 7.58. The molecule has 1 aliphatic carbocycles. The first-order valence-corrected chi connectivity index (χ1v) is 12.3. The van der Waals surface area contributed by atoms with Crippen LogP contribution in [0.1, 0.15) is 47.4 Å². The Bertz CT molecular complexity index is 920. The molecule has 2 aromatic rings. The van der Waals surface area contributed by atoms with E-state index in [0.717, 1.165) is 49.2 Å². The summed E-state index contributed by atoms with van der Waals surface area (Å²) >= 11 is 1.66. The molecule has 1 aliphatic heterocycles. The normalized spacial score (nSPS) is 18.4. The third kappa shape index (κ3) is 5.95. The quantitative estimate of drug-likeness (QED) is 0.555. The molecule has 1 saturated heterocycles. The van der Waals surface area contributed by atoms with Crippen LogP contribution in [0.15, 0.2) is 36.4 Å². The smallest absolute Gasteiger partial charge is 0.242 e. The molecule has 2 heterocycles. The van der Waals surface area contributed by atoms with E-state index in [4.69, 9.17) is 4.74 Å². The summed E-state index contributed by atoms with van der Waals surface area (Å²) in [5.74, 6) is -0.274. The second kappa shape index (κ2) is 10.6. The Morgan fingerprint density at radius 2 is 1.81 bits per heavy atom. The molecule has 7 heteroatoms. The van der Waals surface area contributed by atoms with Gasteiger partial charge in [0, 0.05) is 35.4 Å². The average molecular weight is 459 g/mol. The maximum Gasteiger partial charge on any atom is 0.242 e. The number of carbonyl (C=O) groups is 2. The fourth-order valence-corrected chi connectivity index (χ4v) is 5.15. The van der Waals surface area contributed by atoms with Crippen LogP contribution in [0.2, 0.25) is 0 Å². The predicted molar refractivity (Wildman–Crippen MR) is 123 cm³/mol. The van der Waals surface area contributed by atoms with Crippen molar-refractivity contribution in [1.29, 1.82) is 0 Å². The zero-order valence-corrected chi connectivity index (χ0v) is 19.4. The largest absolute Gasteiger partial charge is 0.376 e. The molecular formula is C25H31FN2O3S. The van der Waals surface area contributed by atoms with Gasteiger partial charge in [-0.15, -0.1) is 11.3 Å². The molecule has 2 amide bonds. The molecule has 0 bridgehead atoms. The zero-order valence-electron chi connectivity index (χ0n) is 18.6. The third-order valence-electron chi connectivity index (χ3n) is 6.32. The van der Waals surface area contributed by atoms with Gasteiger partial charge in [0.05, 0.1) is 19.2 Å². The van der Waals surface area contributed by atoms with Crippen molar-refractivity contribution < 1.29 is 18.7 Å². The van der Waals surface area contributed by atoms with Crippen LogP contribution >= 0.6 is 11.3 Å². The molecule has 0 spiro atoms. The molecule has 1 saturated carbocycles. The van der Waals surface area contributed by atoms with Crippen molar-refractivity contribution >= 4 is 23.2 Å². The monoisotopic (exact) mass is 458 g/mol. The lowest BCUT2D eigenvalue weighted by molar-refractivity contribution is -0.146. The number of benzene rings is 1. The van der Waals surface area contributed by atoms with Crippen molar-refractivity contribution in [2.45, 2.75) is 58.2 Å². The summed E-state index contributed by atoms with van der Waals surface area (Å²) in [4.78, 5) is 32.3. The lowest BCUT2D eigenvalue weighted by Crippen LogP contribution is -2.48. The van der Waals surface area contributed by atoms with Crippen LogP contribution in [-0.2, 0) is 27.4 Å². The summed E-state index contributed by atoms with van der Waals surface area (Å²) in [7, 11) is 0. The number of thiophene rings is 1. The topological polar surface area (TPSA) is 49.9 Å². The number of hydrogen-bond acceptors (Lipinski definition) is 4. The van der Waals surface area contributed by atoms with Crippen molar-refractivity contribution in [3.05, 3.63) is 57.5 Å². The molecule has 4 rings (SSSR count). The maximum atomic E-state index is 13.5. The summed E-state index contributed by atoms with van der Waals surface area (Å²) in [5, 5.41) is 0. The molecule has 1 aromatic heterocycles. The predicted octanol–water partition coefficient (Wildman–Crippen LogP) is 4.53. The van der Waals surface area contributed by atoms with E-state index in [1.165, 1.54) is 17.0 Å². The van der Waals surface area contributed by atoms with E-state index in [1.54, 1.807) is 33.3 Å². The van der Waals surface area contributed by atoms with Crippen LogP contribution < -0.4 is 0 Å². The second-order valence-corrected chi connectivity index (χ2v) is 10.2. The lowest BCUT2D eigenvalue weighted by atomic mass is 9.84. The Morgan fingerprint density at radius 3 is 2.41 bits per heavy atom. The van der Waals surface area contributed by atoms with Gasteiger partial charge in [-0.05, 0) is 62.4 Å². The summed E-state index contributed by atoms with van der Waals surface area (Å²) in [6.45, 7) is 4.14. The Labute approximate surface area is 193 Å². The van der Waals surface area contributed by atoms with Gasteiger partial charge in [0.15, 0.2) is 0 Å². The van der Waals surface area contributed by atoms with Gasteiger partial charge >= 0.3 is 0 Å². The fraction of sp³-hybridized carbons (Fsp3) is 0.520. The fourth-order valence-electron chi connectivity index (χ4n) is 4.24. The van der Waals surface area contributed by atoms with E-state index in [0.29, 0.717) is 19.6 Å². The minimum Gasteiger partial charge on any atom is -0.376 e. The molecule has 0 N–H and O–H groups in total. The van der Waals surface area contributed by atoms with Gasteiger partial charge in [-0.3, -0.25) is 9.59 Å². The Balaban J connectivity index is 1.49. The minimum absolute atomic E-state index is 0.0114. The second-order valence-electron chi connectivity index (χ2n) is 8.87. The van der Waals surface area contributed by atoms with E-state index < -0.39 is 0 Å². The molecule has 172 valence electrons. The number of rotatable bonds is 9. The van der Waals surface area contributed by atoms with E-state index in [1.807, 2.05) is 19.1 Å². The highest BCUT2D eigenvalue weighted by atomic mass is 32.1. The van der Waals surface area contributed by atoms with Crippen molar-refractivity contribution in [2.24, 2.45) is 5.92 Å². The van der Waals surface area contributed by atoms with Gasteiger partial charge in [0.1, 0.15) is 5.82 Å². The molecule has 32 heavy (non-hydrogen) atoms. The minimum atomic E-state index is -0.297. The van der Waals surface area contributed by atoms with E-state index in [2.05, 4.69) is 0 Å². The SMILES string of the molecule is Cc1ccc(CN(Cc2ccc(F)cc2)C(=O)CN(CC2CCCO2)C(=O)C2CCC2)s1. The van der Waals surface area contributed by atoms with Crippen molar-refractivity contribution in [3.8, 4) is 0 Å². The first-order chi connectivity index (χ1) is 15.5. The summed E-state index contributed by atoms with van der Waals surface area (Å²) in [5.41, 5.74) is 0.865. The van der Waals surface area contributed by atoms with Gasteiger partial charge in [0.25, 0.3) is 0 Å². The summed E-state index contributed by atoms with van der Waals surface area (Å²) in [6, 6.07) is 10.3. The highest BCUT2D eigenvalue weighted by Gasteiger charge is 2.33. The molecule has 1 unspecified atom stereocenters. The van der Waals surface area contributed by atoms with E-state index >= 15 is 0 Å². The highest BCUT2D eigenvalue weighted by molar-refractivity contribution is 7.11. The summed E-state index contributed by atoms with van der Waals surface area (Å²) in [6.07, 6.45) is 4.82. The van der Waals surface area contributed by atoms with Crippen LogP contribution in [0.5, 0.6) is 0 Å². The molecule has 1 atom stereocenters. The Morgan fingerprint density at radius 1 is 1.03 bits per heavy atom. The van der Waals surface area contributed by atoms with Crippen LogP contribution in [-0.4, -0.2) is 47.4 Å². The Hall–Kier alpha value is -2.25. The number of amides is 2. The van der Waals surface area contributed by atoms with Gasteiger partial charge in [-0.1, -0.05) is 18.6 Å². The van der Waals surface area contributed by atoms with Gasteiger partial charge < -0.3 is 14.5 Å².